The summed E-state index contributed by atoms with van der Waals surface area (Å²) in [5.41, 5.74) is 2.69. The molecule has 0 aromatic heterocycles. The number of piperidine rings is 1. The van der Waals surface area contributed by atoms with Crippen LogP contribution in [0.5, 0.6) is 0 Å². The minimum Gasteiger partial charge on any atom is -0.326 e. The molecule has 0 spiro atoms. The molecule has 0 aliphatic carbocycles. The molecule has 1 fully saturated rings. The number of rotatable bonds is 5. The van der Waals surface area contributed by atoms with Crippen molar-refractivity contribution in [1.82, 2.24) is 4.90 Å². The molecule has 6 heteroatoms. The Morgan fingerprint density at radius 3 is 2.61 bits per heavy atom. The van der Waals surface area contributed by atoms with E-state index in [2.05, 4.69) is 31.5 Å². The normalized spacial score (nSPS) is 18.3. The van der Waals surface area contributed by atoms with Crippen molar-refractivity contribution in [3.8, 4) is 0 Å². The second kappa shape index (κ2) is 9.34. The summed E-state index contributed by atoms with van der Waals surface area (Å²) in [6.07, 6.45) is 1.74. The summed E-state index contributed by atoms with van der Waals surface area (Å²) >= 11 is 3.50. The molecule has 1 aliphatic rings. The van der Waals surface area contributed by atoms with Crippen molar-refractivity contribution in [1.29, 1.82) is 0 Å². The lowest BCUT2D eigenvalue weighted by Gasteiger charge is -2.35. The zero-order chi connectivity index (χ0) is 20.1. The maximum Gasteiger partial charge on any atom is 0.241 e. The second-order valence-electron chi connectivity index (χ2n) is 7.34. The number of nitrogens with zero attached hydrogens (tertiary/aromatic N) is 1. The third-order valence-corrected chi connectivity index (χ3v) is 5.83. The van der Waals surface area contributed by atoms with Crippen molar-refractivity contribution in [2.24, 2.45) is 5.92 Å². The molecule has 5 nitrogen and oxygen atoms in total. The number of hydrogen-bond donors (Lipinski definition) is 2. The molecular weight excluding hydrogens is 418 g/mol. The summed E-state index contributed by atoms with van der Waals surface area (Å²) in [4.78, 5) is 27.5. The number of hydrogen-bond acceptors (Lipinski definition) is 3. The fraction of sp³-hybridized carbons (Fsp3) is 0.364. The van der Waals surface area contributed by atoms with E-state index >= 15 is 0 Å². The van der Waals surface area contributed by atoms with E-state index in [0.717, 1.165) is 40.8 Å². The number of benzene rings is 2. The number of aryl methyl sites for hydroxylation is 1. The second-order valence-corrected chi connectivity index (χ2v) is 8.19. The van der Waals surface area contributed by atoms with Crippen molar-refractivity contribution in [2.45, 2.75) is 32.7 Å². The zero-order valence-corrected chi connectivity index (χ0v) is 17.8. The van der Waals surface area contributed by atoms with Crippen LogP contribution in [0.4, 0.5) is 11.4 Å². The minimum atomic E-state index is -0.305. The molecule has 1 heterocycles. The molecule has 2 aromatic carbocycles. The Bertz CT molecular complexity index is 841. The molecular formula is C22H26BrN3O2. The predicted octanol–water partition coefficient (Wildman–Crippen LogP) is 4.44. The first-order valence-corrected chi connectivity index (χ1v) is 10.4. The van der Waals surface area contributed by atoms with Gasteiger partial charge in [-0.1, -0.05) is 24.3 Å². The summed E-state index contributed by atoms with van der Waals surface area (Å²) < 4.78 is 0.867. The van der Waals surface area contributed by atoms with E-state index in [0.29, 0.717) is 6.54 Å². The number of amides is 2. The fourth-order valence-corrected chi connectivity index (χ4v) is 4.05. The number of para-hydroxylation sites is 1. The van der Waals surface area contributed by atoms with Gasteiger partial charge in [0.05, 0.1) is 17.6 Å². The van der Waals surface area contributed by atoms with Gasteiger partial charge in [0.25, 0.3) is 0 Å². The lowest BCUT2D eigenvalue weighted by atomic mass is 9.95. The average molecular weight is 444 g/mol. The maximum absolute atomic E-state index is 12.7. The monoisotopic (exact) mass is 443 g/mol. The molecule has 0 radical (unpaired) electrons. The third-order valence-electron chi connectivity index (χ3n) is 5.17. The van der Waals surface area contributed by atoms with Crippen LogP contribution in [0.2, 0.25) is 0 Å². The molecule has 28 heavy (non-hydrogen) atoms. The Balaban J connectivity index is 1.59. The highest BCUT2D eigenvalue weighted by Gasteiger charge is 2.31. The van der Waals surface area contributed by atoms with Crippen LogP contribution < -0.4 is 10.6 Å². The van der Waals surface area contributed by atoms with E-state index in [4.69, 9.17) is 0 Å². The quantitative estimate of drug-likeness (QED) is 0.717. The van der Waals surface area contributed by atoms with Crippen molar-refractivity contribution < 1.29 is 9.59 Å². The summed E-state index contributed by atoms with van der Waals surface area (Å²) in [6.45, 7) is 5.31. The van der Waals surface area contributed by atoms with Gasteiger partial charge >= 0.3 is 0 Å². The van der Waals surface area contributed by atoms with Crippen LogP contribution in [0.15, 0.2) is 53.0 Å². The Labute approximate surface area is 174 Å². The molecule has 3 rings (SSSR count). The van der Waals surface area contributed by atoms with Crippen LogP contribution >= 0.6 is 15.9 Å². The maximum atomic E-state index is 12.7. The van der Waals surface area contributed by atoms with Crippen LogP contribution in [0.1, 0.15) is 25.3 Å². The van der Waals surface area contributed by atoms with Gasteiger partial charge in [-0.05, 0) is 79.0 Å². The first kappa shape index (κ1) is 20.6. The molecule has 0 bridgehead atoms. The van der Waals surface area contributed by atoms with Gasteiger partial charge in [-0.15, -0.1) is 0 Å². The smallest absolute Gasteiger partial charge is 0.241 e. The molecule has 2 atom stereocenters. The molecule has 2 N–H and O–H groups in total. The highest BCUT2D eigenvalue weighted by molar-refractivity contribution is 9.10. The minimum absolute atomic E-state index is 0.0183. The van der Waals surface area contributed by atoms with E-state index < -0.39 is 0 Å². The Hall–Kier alpha value is -2.18. The van der Waals surface area contributed by atoms with E-state index in [1.165, 1.54) is 0 Å². The topological polar surface area (TPSA) is 61.4 Å². The highest BCUT2D eigenvalue weighted by Crippen LogP contribution is 2.25. The highest BCUT2D eigenvalue weighted by atomic mass is 79.9. The Kier molecular flexibility index (Phi) is 6.86. The van der Waals surface area contributed by atoms with Gasteiger partial charge in [-0.3, -0.25) is 14.5 Å². The number of halogens is 1. The lowest BCUT2D eigenvalue weighted by molar-refractivity contribution is -0.125. The first-order valence-electron chi connectivity index (χ1n) is 9.61. The van der Waals surface area contributed by atoms with Gasteiger partial charge < -0.3 is 10.6 Å². The number of nitrogens with one attached hydrogen (secondary N) is 2. The van der Waals surface area contributed by atoms with Crippen molar-refractivity contribution in [2.75, 3.05) is 23.7 Å². The Morgan fingerprint density at radius 1 is 1.14 bits per heavy atom. The predicted molar refractivity (Wildman–Crippen MR) is 116 cm³/mol. The van der Waals surface area contributed by atoms with Gasteiger partial charge in [0, 0.05) is 16.7 Å². The van der Waals surface area contributed by atoms with E-state index in [9.17, 15) is 9.59 Å². The van der Waals surface area contributed by atoms with E-state index in [1.54, 1.807) is 0 Å². The van der Waals surface area contributed by atoms with Gasteiger partial charge in [-0.25, -0.2) is 0 Å². The average Bonchev–Trinajstić information content (AvgIpc) is 2.70. The van der Waals surface area contributed by atoms with Crippen molar-refractivity contribution >= 4 is 39.1 Å². The number of carbonyl (C=O) groups excluding carboxylic acids is 2. The lowest BCUT2D eigenvalue weighted by Crippen LogP contribution is -2.49. The molecule has 0 saturated carbocycles. The van der Waals surface area contributed by atoms with Crippen LogP contribution in [-0.4, -0.2) is 35.8 Å². The SMILES string of the molecule is Cc1ccc(NC(=O)[C@@H](C)N2CCC[C@H](C(=O)Nc3ccccc3)C2)c(Br)c1. The summed E-state index contributed by atoms with van der Waals surface area (Å²) in [5.74, 6) is -0.159. The summed E-state index contributed by atoms with van der Waals surface area (Å²) in [7, 11) is 0. The molecule has 2 amide bonds. The summed E-state index contributed by atoms with van der Waals surface area (Å²) in [5, 5.41) is 5.97. The molecule has 148 valence electrons. The fourth-order valence-electron chi connectivity index (χ4n) is 3.46. The third kappa shape index (κ3) is 5.20. The van der Waals surface area contributed by atoms with Crippen LogP contribution in [0.25, 0.3) is 0 Å². The van der Waals surface area contributed by atoms with Crippen molar-refractivity contribution in [3.05, 3.63) is 58.6 Å². The molecule has 0 unspecified atom stereocenters. The number of anilines is 2. The molecule has 2 aromatic rings. The van der Waals surface area contributed by atoms with Crippen LogP contribution in [0, 0.1) is 12.8 Å². The standard InChI is InChI=1S/C22H26BrN3O2/c1-15-10-11-20(19(23)13-15)25-21(27)16(2)26-12-6-7-17(14-26)22(28)24-18-8-4-3-5-9-18/h3-5,8-11,13,16-17H,6-7,12,14H2,1-2H3,(H,24,28)(H,25,27)/t16-,17+/m1/s1. The number of carbonyl (C=O) groups is 2. The van der Waals surface area contributed by atoms with E-state index in [1.807, 2.05) is 62.4 Å². The summed E-state index contributed by atoms with van der Waals surface area (Å²) in [6, 6.07) is 15.0. The largest absolute Gasteiger partial charge is 0.326 e. The van der Waals surface area contributed by atoms with Gasteiger partial charge in [0.15, 0.2) is 0 Å². The van der Waals surface area contributed by atoms with Crippen molar-refractivity contribution in [3.63, 3.8) is 0 Å². The molecule has 1 saturated heterocycles. The molecule has 1 aliphatic heterocycles. The van der Waals surface area contributed by atoms with Gasteiger partial charge in [0.2, 0.25) is 11.8 Å². The van der Waals surface area contributed by atoms with Gasteiger partial charge in [-0.2, -0.15) is 0 Å². The van der Waals surface area contributed by atoms with Gasteiger partial charge in [0.1, 0.15) is 0 Å². The van der Waals surface area contributed by atoms with Crippen LogP contribution in [-0.2, 0) is 9.59 Å². The Morgan fingerprint density at radius 2 is 1.89 bits per heavy atom. The number of likely N-dealkylation sites (tertiary alicyclic amines) is 1. The first-order chi connectivity index (χ1) is 13.4. The zero-order valence-electron chi connectivity index (χ0n) is 16.2. The van der Waals surface area contributed by atoms with E-state index in [-0.39, 0.29) is 23.8 Å². The van der Waals surface area contributed by atoms with Crippen LogP contribution in [0.3, 0.4) is 0 Å².